The van der Waals surface area contributed by atoms with E-state index in [4.69, 9.17) is 9.47 Å². The minimum absolute atomic E-state index is 0.172. The molecule has 20 heavy (non-hydrogen) atoms. The topological polar surface area (TPSA) is 67.9 Å². The van der Waals surface area contributed by atoms with E-state index in [-0.39, 0.29) is 30.1 Å². The zero-order chi connectivity index (χ0) is 15.1. The highest BCUT2D eigenvalue weighted by Crippen LogP contribution is 2.14. The third kappa shape index (κ3) is 4.67. The molecule has 1 aliphatic heterocycles. The Morgan fingerprint density at radius 3 is 2.35 bits per heavy atom. The molecule has 0 spiro atoms. The van der Waals surface area contributed by atoms with Crippen LogP contribution in [0.25, 0.3) is 0 Å². The van der Waals surface area contributed by atoms with Crippen molar-refractivity contribution >= 4 is 12.1 Å². The number of carbonyl (C=O) groups excluding carboxylic acids is 2. The molecule has 1 unspecified atom stereocenters. The molecule has 0 aromatic rings. The first-order valence-corrected chi connectivity index (χ1v) is 7.25. The van der Waals surface area contributed by atoms with Crippen LogP contribution >= 0.6 is 0 Å². The van der Waals surface area contributed by atoms with E-state index in [0.29, 0.717) is 19.7 Å². The SMILES string of the molecule is CCOC(=O)N1CCC(NC(C(=O)OC)C(C)C)CC1. The molecule has 0 aromatic heterocycles. The molecule has 1 amide bonds. The van der Waals surface area contributed by atoms with Gasteiger partial charge in [0.15, 0.2) is 0 Å². The van der Waals surface area contributed by atoms with E-state index in [1.165, 1.54) is 7.11 Å². The number of ether oxygens (including phenoxy) is 2. The lowest BCUT2D eigenvalue weighted by molar-refractivity contribution is -0.144. The van der Waals surface area contributed by atoms with Gasteiger partial charge in [-0.05, 0) is 25.7 Å². The van der Waals surface area contributed by atoms with Crippen molar-refractivity contribution in [2.24, 2.45) is 5.92 Å². The molecular formula is C14H26N2O4. The molecule has 1 rings (SSSR count). The van der Waals surface area contributed by atoms with Crippen LogP contribution in [0.15, 0.2) is 0 Å². The molecule has 116 valence electrons. The number of nitrogens with zero attached hydrogens (tertiary/aromatic N) is 1. The average molecular weight is 286 g/mol. The summed E-state index contributed by atoms with van der Waals surface area (Å²) in [6.07, 6.45) is 1.39. The van der Waals surface area contributed by atoms with E-state index in [0.717, 1.165) is 12.8 Å². The van der Waals surface area contributed by atoms with E-state index >= 15 is 0 Å². The van der Waals surface area contributed by atoms with Crippen LogP contribution in [0.4, 0.5) is 4.79 Å². The molecule has 0 aliphatic carbocycles. The Kier molecular flexibility index (Phi) is 6.78. The van der Waals surface area contributed by atoms with Gasteiger partial charge in [0.2, 0.25) is 0 Å². The minimum atomic E-state index is -0.292. The number of piperidine rings is 1. The number of likely N-dealkylation sites (tertiary alicyclic amines) is 1. The first-order chi connectivity index (χ1) is 9.49. The molecular weight excluding hydrogens is 260 g/mol. The molecule has 1 N–H and O–H groups in total. The van der Waals surface area contributed by atoms with Crippen molar-refractivity contribution in [2.75, 3.05) is 26.8 Å². The summed E-state index contributed by atoms with van der Waals surface area (Å²) in [5.74, 6) is -0.0571. The van der Waals surface area contributed by atoms with Crippen LogP contribution in [0.1, 0.15) is 33.6 Å². The number of esters is 1. The third-order valence-corrected chi connectivity index (χ3v) is 3.56. The fraction of sp³-hybridized carbons (Fsp3) is 0.857. The van der Waals surface area contributed by atoms with Gasteiger partial charge in [-0.3, -0.25) is 4.79 Å². The lowest BCUT2D eigenvalue weighted by Gasteiger charge is -2.34. The number of rotatable bonds is 5. The molecule has 1 fully saturated rings. The number of hydrogen-bond acceptors (Lipinski definition) is 5. The molecule has 0 radical (unpaired) electrons. The maximum absolute atomic E-state index is 11.7. The van der Waals surface area contributed by atoms with Crippen molar-refractivity contribution in [1.29, 1.82) is 0 Å². The van der Waals surface area contributed by atoms with Gasteiger partial charge >= 0.3 is 12.1 Å². The third-order valence-electron chi connectivity index (χ3n) is 3.56. The van der Waals surface area contributed by atoms with Gasteiger partial charge in [0.25, 0.3) is 0 Å². The average Bonchev–Trinajstić information content (AvgIpc) is 2.44. The van der Waals surface area contributed by atoms with E-state index in [1.807, 2.05) is 13.8 Å². The second-order valence-corrected chi connectivity index (χ2v) is 5.37. The summed E-state index contributed by atoms with van der Waals surface area (Å²) in [7, 11) is 1.41. The largest absolute Gasteiger partial charge is 0.468 e. The van der Waals surface area contributed by atoms with Crippen LogP contribution in [0.2, 0.25) is 0 Å². The van der Waals surface area contributed by atoms with Gasteiger partial charge in [-0.2, -0.15) is 0 Å². The summed E-state index contributed by atoms with van der Waals surface area (Å²) in [6.45, 7) is 7.49. The highest BCUT2D eigenvalue weighted by atomic mass is 16.6. The van der Waals surface area contributed by atoms with Crippen LogP contribution < -0.4 is 5.32 Å². The number of methoxy groups -OCH3 is 1. The lowest BCUT2D eigenvalue weighted by Crippen LogP contribution is -2.51. The Morgan fingerprint density at radius 2 is 1.90 bits per heavy atom. The molecule has 0 aromatic carbocycles. The number of amides is 1. The molecule has 0 saturated carbocycles. The van der Waals surface area contributed by atoms with Gasteiger partial charge in [0, 0.05) is 19.1 Å². The zero-order valence-corrected chi connectivity index (χ0v) is 12.8. The standard InChI is InChI=1S/C14H26N2O4/c1-5-20-14(18)16-8-6-11(7-9-16)15-12(10(2)3)13(17)19-4/h10-12,15H,5-9H2,1-4H3. The van der Waals surface area contributed by atoms with Gasteiger partial charge in [-0.15, -0.1) is 0 Å². The van der Waals surface area contributed by atoms with Crippen molar-refractivity contribution in [3.63, 3.8) is 0 Å². The summed E-state index contributed by atoms with van der Waals surface area (Å²) < 4.78 is 9.80. The molecule has 1 aliphatic rings. The highest BCUT2D eigenvalue weighted by molar-refractivity contribution is 5.76. The number of nitrogens with one attached hydrogen (secondary N) is 1. The van der Waals surface area contributed by atoms with Gasteiger partial charge in [-0.1, -0.05) is 13.8 Å². The molecule has 6 heteroatoms. The molecule has 1 atom stereocenters. The quantitative estimate of drug-likeness (QED) is 0.774. The first kappa shape index (κ1) is 16.8. The molecule has 6 nitrogen and oxygen atoms in total. The second-order valence-electron chi connectivity index (χ2n) is 5.37. The van der Waals surface area contributed by atoms with Gasteiger partial charge in [0.1, 0.15) is 6.04 Å². The fourth-order valence-corrected chi connectivity index (χ4v) is 2.36. The monoisotopic (exact) mass is 286 g/mol. The van der Waals surface area contributed by atoms with Crippen LogP contribution in [0.5, 0.6) is 0 Å². The van der Waals surface area contributed by atoms with Crippen molar-refractivity contribution in [1.82, 2.24) is 10.2 Å². The Labute approximate surface area is 120 Å². The summed E-state index contributed by atoms with van der Waals surface area (Å²) >= 11 is 0. The van der Waals surface area contributed by atoms with E-state index in [1.54, 1.807) is 11.8 Å². The second kappa shape index (κ2) is 8.09. The molecule has 1 saturated heterocycles. The van der Waals surface area contributed by atoms with E-state index in [9.17, 15) is 9.59 Å². The molecule has 0 bridgehead atoms. The maximum Gasteiger partial charge on any atom is 0.409 e. The zero-order valence-electron chi connectivity index (χ0n) is 12.8. The van der Waals surface area contributed by atoms with Crippen LogP contribution in [-0.4, -0.2) is 55.9 Å². The van der Waals surface area contributed by atoms with Crippen LogP contribution in [0, 0.1) is 5.92 Å². The normalized spacial score (nSPS) is 17.9. The van der Waals surface area contributed by atoms with Gasteiger partial charge in [-0.25, -0.2) is 4.79 Å². The first-order valence-electron chi connectivity index (χ1n) is 7.25. The van der Waals surface area contributed by atoms with E-state index < -0.39 is 0 Å². The van der Waals surface area contributed by atoms with Gasteiger partial charge < -0.3 is 19.7 Å². The smallest absolute Gasteiger partial charge is 0.409 e. The summed E-state index contributed by atoms with van der Waals surface area (Å²) in [5, 5.41) is 3.34. The van der Waals surface area contributed by atoms with E-state index in [2.05, 4.69) is 5.32 Å². The highest BCUT2D eigenvalue weighted by Gasteiger charge is 2.29. The number of hydrogen-bond donors (Lipinski definition) is 1. The predicted molar refractivity (Wildman–Crippen MR) is 75.4 cm³/mol. The summed E-state index contributed by atoms with van der Waals surface area (Å²) in [4.78, 5) is 25.0. The minimum Gasteiger partial charge on any atom is -0.468 e. The van der Waals surface area contributed by atoms with Crippen molar-refractivity contribution < 1.29 is 19.1 Å². The predicted octanol–water partition coefficient (Wildman–Crippen LogP) is 1.39. The summed E-state index contributed by atoms with van der Waals surface area (Å²) in [5.41, 5.74) is 0. The lowest BCUT2D eigenvalue weighted by atomic mass is 9.99. The summed E-state index contributed by atoms with van der Waals surface area (Å²) in [6, 6.07) is -0.0636. The van der Waals surface area contributed by atoms with Crippen molar-refractivity contribution in [2.45, 2.75) is 45.7 Å². The Morgan fingerprint density at radius 1 is 1.30 bits per heavy atom. The van der Waals surface area contributed by atoms with Crippen LogP contribution in [-0.2, 0) is 14.3 Å². The Balaban J connectivity index is 2.44. The van der Waals surface area contributed by atoms with Gasteiger partial charge in [0.05, 0.1) is 13.7 Å². The molecule has 1 heterocycles. The number of carbonyl (C=O) groups is 2. The van der Waals surface area contributed by atoms with Crippen LogP contribution in [0.3, 0.4) is 0 Å². The van der Waals surface area contributed by atoms with Crippen molar-refractivity contribution in [3.8, 4) is 0 Å². The van der Waals surface area contributed by atoms with Crippen molar-refractivity contribution in [3.05, 3.63) is 0 Å². The Hall–Kier alpha value is -1.30. The maximum atomic E-state index is 11.7. The Bertz CT molecular complexity index is 325. The fourth-order valence-electron chi connectivity index (χ4n) is 2.36.